The van der Waals surface area contributed by atoms with Gasteiger partial charge in [0.05, 0.1) is 4.90 Å². The summed E-state index contributed by atoms with van der Waals surface area (Å²) in [6.07, 6.45) is 1.88. The first kappa shape index (κ1) is 22.2. The molecule has 2 aliphatic rings. The Bertz CT molecular complexity index is 960. The lowest BCUT2D eigenvalue weighted by Gasteiger charge is -2.37. The predicted octanol–water partition coefficient (Wildman–Crippen LogP) is 2.22. The Morgan fingerprint density at radius 1 is 0.806 bits per heavy atom. The first-order valence-electron chi connectivity index (χ1n) is 11.1. The summed E-state index contributed by atoms with van der Waals surface area (Å²) in [5.74, 6) is 1.00. The van der Waals surface area contributed by atoms with Crippen molar-refractivity contribution in [2.45, 2.75) is 24.8 Å². The Morgan fingerprint density at radius 2 is 1.42 bits per heavy atom. The summed E-state index contributed by atoms with van der Waals surface area (Å²) in [7, 11) is -1.42. The summed E-state index contributed by atoms with van der Waals surface area (Å²) in [6, 6.07) is 11.9. The van der Waals surface area contributed by atoms with Crippen molar-refractivity contribution in [3.05, 3.63) is 42.6 Å². The molecule has 8 heteroatoms. The van der Waals surface area contributed by atoms with Gasteiger partial charge in [-0.05, 0) is 50.7 Å². The highest BCUT2D eigenvalue weighted by molar-refractivity contribution is 7.89. The third-order valence-corrected chi connectivity index (χ3v) is 8.32. The van der Waals surface area contributed by atoms with Gasteiger partial charge in [0.2, 0.25) is 10.0 Å². The summed E-state index contributed by atoms with van der Waals surface area (Å²) in [6.45, 7) is 11.2. The predicted molar refractivity (Wildman–Crippen MR) is 125 cm³/mol. The number of pyridine rings is 1. The summed E-state index contributed by atoms with van der Waals surface area (Å²) < 4.78 is 27.4. The molecule has 0 bridgehead atoms. The van der Waals surface area contributed by atoms with Crippen LogP contribution >= 0.6 is 0 Å². The average Bonchev–Trinajstić information content (AvgIpc) is 2.80. The molecule has 0 amide bonds. The van der Waals surface area contributed by atoms with E-state index in [1.165, 1.54) is 0 Å². The second-order valence-electron chi connectivity index (χ2n) is 8.75. The first-order chi connectivity index (χ1) is 14.8. The molecule has 0 spiro atoms. The molecule has 0 aliphatic carbocycles. The lowest BCUT2D eigenvalue weighted by atomic mass is 10.1. The van der Waals surface area contributed by atoms with Crippen LogP contribution in [0.2, 0.25) is 0 Å². The molecule has 2 fully saturated rings. The van der Waals surface area contributed by atoms with Crippen molar-refractivity contribution in [2.24, 2.45) is 0 Å². The van der Waals surface area contributed by atoms with Crippen LogP contribution in [-0.4, -0.2) is 93.0 Å². The summed E-state index contributed by atoms with van der Waals surface area (Å²) in [4.78, 5) is 12.0. The second kappa shape index (κ2) is 9.24. The molecule has 2 saturated heterocycles. The van der Waals surface area contributed by atoms with Crippen molar-refractivity contribution < 1.29 is 8.42 Å². The van der Waals surface area contributed by atoms with E-state index in [1.807, 2.05) is 25.4 Å². The van der Waals surface area contributed by atoms with Gasteiger partial charge in [-0.3, -0.25) is 4.90 Å². The number of hydrogen-bond donors (Lipinski definition) is 0. The van der Waals surface area contributed by atoms with E-state index in [-0.39, 0.29) is 0 Å². The Kier molecular flexibility index (Phi) is 6.62. The fourth-order valence-electron chi connectivity index (χ4n) is 4.21. The zero-order valence-corrected chi connectivity index (χ0v) is 19.6. The van der Waals surface area contributed by atoms with Gasteiger partial charge in [-0.15, -0.1) is 0 Å². The average molecular weight is 444 g/mol. The molecule has 0 atom stereocenters. The summed E-state index contributed by atoms with van der Waals surface area (Å²) >= 11 is 0. The van der Waals surface area contributed by atoms with Gasteiger partial charge in [0.25, 0.3) is 0 Å². The molecule has 1 aromatic carbocycles. The first-order valence-corrected chi connectivity index (χ1v) is 12.5. The van der Waals surface area contributed by atoms with Gasteiger partial charge in [-0.25, -0.2) is 13.4 Å². The lowest BCUT2D eigenvalue weighted by molar-refractivity contribution is 0.209. The van der Waals surface area contributed by atoms with E-state index in [9.17, 15) is 8.42 Å². The topological polar surface area (TPSA) is 60.0 Å². The van der Waals surface area contributed by atoms with Crippen molar-refractivity contribution in [2.75, 3.05) is 64.3 Å². The molecule has 1 aromatic heterocycles. The number of rotatable bonds is 5. The minimum Gasteiger partial charge on any atom is -0.354 e. The van der Waals surface area contributed by atoms with Crippen LogP contribution in [0.4, 0.5) is 5.82 Å². The van der Waals surface area contributed by atoms with Gasteiger partial charge >= 0.3 is 0 Å². The highest BCUT2D eigenvalue weighted by Gasteiger charge is 2.27. The number of nitrogens with zero attached hydrogens (tertiary/aromatic N) is 5. The van der Waals surface area contributed by atoms with Crippen molar-refractivity contribution in [1.29, 1.82) is 0 Å². The molecular weight excluding hydrogens is 410 g/mol. The maximum Gasteiger partial charge on any atom is 0.243 e. The Morgan fingerprint density at radius 3 is 1.97 bits per heavy atom. The number of hydrogen-bond acceptors (Lipinski definition) is 6. The molecule has 4 rings (SSSR count). The lowest BCUT2D eigenvalue weighted by Crippen LogP contribution is -2.49. The quantitative estimate of drug-likeness (QED) is 0.706. The molecule has 0 saturated carbocycles. The van der Waals surface area contributed by atoms with Gasteiger partial charge in [0, 0.05) is 70.2 Å². The summed E-state index contributed by atoms with van der Waals surface area (Å²) in [5, 5.41) is 0. The monoisotopic (exact) mass is 443 g/mol. The number of piperazine rings is 2. The van der Waals surface area contributed by atoms with E-state index in [2.05, 4.69) is 45.7 Å². The summed E-state index contributed by atoms with van der Waals surface area (Å²) in [5.41, 5.74) is 1.97. The van der Waals surface area contributed by atoms with Gasteiger partial charge in [-0.2, -0.15) is 4.31 Å². The molecular formula is C23H33N5O2S. The van der Waals surface area contributed by atoms with E-state index in [0.717, 1.165) is 56.2 Å². The van der Waals surface area contributed by atoms with E-state index < -0.39 is 10.0 Å². The Hall–Kier alpha value is -2.00. The Balaban J connectivity index is 1.42. The number of likely N-dealkylation sites (N-methyl/N-ethyl adjacent to an activating group) is 1. The maximum atomic E-state index is 12.9. The van der Waals surface area contributed by atoms with Crippen molar-refractivity contribution in [1.82, 2.24) is 19.1 Å². The highest BCUT2D eigenvalue weighted by atomic mass is 32.2. The highest BCUT2D eigenvalue weighted by Crippen LogP contribution is 2.25. The minimum atomic E-state index is -3.44. The van der Waals surface area contributed by atoms with Crippen molar-refractivity contribution in [3.8, 4) is 11.1 Å². The smallest absolute Gasteiger partial charge is 0.243 e. The normalized spacial score (nSPS) is 19.8. The van der Waals surface area contributed by atoms with E-state index in [4.69, 9.17) is 0 Å². The third kappa shape index (κ3) is 4.92. The van der Waals surface area contributed by atoms with Crippen molar-refractivity contribution >= 4 is 15.8 Å². The fraction of sp³-hybridized carbons (Fsp3) is 0.522. The molecule has 0 N–H and O–H groups in total. The van der Waals surface area contributed by atoms with Crippen LogP contribution in [0, 0.1) is 0 Å². The zero-order valence-electron chi connectivity index (χ0n) is 18.7. The molecule has 31 heavy (non-hydrogen) atoms. The van der Waals surface area contributed by atoms with Crippen LogP contribution in [0.5, 0.6) is 0 Å². The molecule has 0 radical (unpaired) electrons. The van der Waals surface area contributed by atoms with Crippen LogP contribution in [0.15, 0.2) is 47.5 Å². The number of benzene rings is 1. The van der Waals surface area contributed by atoms with Gasteiger partial charge in [-0.1, -0.05) is 12.1 Å². The molecule has 168 valence electrons. The number of anilines is 1. The second-order valence-corrected chi connectivity index (χ2v) is 10.7. The SMILES string of the molecule is CC(C)N1CCN(c2ccc(-c3ccc(S(=O)(=O)N4CCN(C)CC4)cc3)cn2)CC1. The fourth-order valence-corrected chi connectivity index (χ4v) is 5.63. The van der Waals surface area contributed by atoms with Gasteiger partial charge in [0.1, 0.15) is 5.82 Å². The molecule has 7 nitrogen and oxygen atoms in total. The van der Waals surface area contributed by atoms with Crippen LogP contribution in [0.1, 0.15) is 13.8 Å². The zero-order chi connectivity index (χ0) is 22.0. The van der Waals surface area contributed by atoms with E-state index in [1.54, 1.807) is 16.4 Å². The van der Waals surface area contributed by atoms with Gasteiger partial charge < -0.3 is 9.80 Å². The van der Waals surface area contributed by atoms with Gasteiger partial charge in [0.15, 0.2) is 0 Å². The third-order valence-electron chi connectivity index (χ3n) is 6.40. The van der Waals surface area contributed by atoms with E-state index >= 15 is 0 Å². The Labute approximate surface area is 186 Å². The molecule has 3 heterocycles. The van der Waals surface area contributed by atoms with Crippen LogP contribution in [-0.2, 0) is 10.0 Å². The van der Waals surface area contributed by atoms with Crippen LogP contribution < -0.4 is 4.90 Å². The van der Waals surface area contributed by atoms with E-state index in [0.29, 0.717) is 24.0 Å². The molecule has 0 unspecified atom stereocenters. The maximum absolute atomic E-state index is 12.9. The van der Waals surface area contributed by atoms with Crippen LogP contribution in [0.25, 0.3) is 11.1 Å². The largest absolute Gasteiger partial charge is 0.354 e. The van der Waals surface area contributed by atoms with Crippen LogP contribution in [0.3, 0.4) is 0 Å². The standard InChI is InChI=1S/C23H33N5O2S/c1-19(2)26-12-14-27(15-13-26)23-9-6-21(18-24-23)20-4-7-22(8-5-20)31(29,30)28-16-10-25(3)11-17-28/h4-9,18-19H,10-17H2,1-3H3. The molecule has 2 aliphatic heterocycles. The molecule has 2 aromatic rings. The number of sulfonamides is 1. The minimum absolute atomic E-state index is 0.355. The number of aromatic nitrogens is 1. The van der Waals surface area contributed by atoms with Crippen molar-refractivity contribution in [3.63, 3.8) is 0 Å².